The van der Waals surface area contributed by atoms with Gasteiger partial charge in [0, 0.05) is 0 Å². The number of hydrogen-bond acceptors (Lipinski definition) is 3. The lowest BCUT2D eigenvalue weighted by Gasteiger charge is -2.42. The van der Waals surface area contributed by atoms with Crippen LogP contribution in [0.1, 0.15) is 52.9 Å². The summed E-state index contributed by atoms with van der Waals surface area (Å²) in [5.41, 5.74) is -0.864. The Morgan fingerprint density at radius 3 is 2.44 bits per heavy atom. The molecule has 0 radical (unpaired) electrons. The fourth-order valence-corrected chi connectivity index (χ4v) is 2.88. The van der Waals surface area contributed by atoms with Crippen molar-refractivity contribution in [3.05, 3.63) is 12.7 Å². The Morgan fingerprint density at radius 2 is 1.94 bits per heavy atom. The molecule has 1 aliphatic carbocycles. The van der Waals surface area contributed by atoms with Gasteiger partial charge in [0.15, 0.2) is 0 Å². The van der Waals surface area contributed by atoms with Crippen LogP contribution in [0.5, 0.6) is 0 Å². The molecule has 0 spiro atoms. The summed E-state index contributed by atoms with van der Waals surface area (Å²) in [4.78, 5) is 3.96. The molecule has 1 aromatic heterocycles. The summed E-state index contributed by atoms with van der Waals surface area (Å²) >= 11 is 0. The minimum absolute atomic E-state index is 0.151. The van der Waals surface area contributed by atoms with Gasteiger partial charge in [0.25, 0.3) is 0 Å². The molecule has 2 rings (SSSR count). The van der Waals surface area contributed by atoms with E-state index in [-0.39, 0.29) is 5.41 Å². The van der Waals surface area contributed by atoms with E-state index in [1.54, 1.807) is 11.0 Å². The topological polar surface area (TPSA) is 50.9 Å². The van der Waals surface area contributed by atoms with Crippen molar-refractivity contribution in [2.24, 2.45) is 11.3 Å². The molecule has 1 fully saturated rings. The highest BCUT2D eigenvalue weighted by molar-refractivity contribution is 4.93. The molecule has 4 heteroatoms. The lowest BCUT2D eigenvalue weighted by Crippen LogP contribution is -2.47. The zero-order valence-corrected chi connectivity index (χ0v) is 11.8. The predicted molar refractivity (Wildman–Crippen MR) is 71.0 cm³/mol. The zero-order chi connectivity index (χ0) is 13.2. The first-order valence-corrected chi connectivity index (χ1v) is 6.95. The van der Waals surface area contributed by atoms with Gasteiger partial charge < -0.3 is 5.11 Å². The fourth-order valence-electron chi connectivity index (χ4n) is 2.88. The molecule has 0 bridgehead atoms. The van der Waals surface area contributed by atoms with Crippen molar-refractivity contribution in [1.29, 1.82) is 0 Å². The molecule has 18 heavy (non-hydrogen) atoms. The van der Waals surface area contributed by atoms with Crippen LogP contribution in [-0.4, -0.2) is 25.5 Å². The van der Waals surface area contributed by atoms with Gasteiger partial charge in [-0.3, -0.25) is 4.68 Å². The second kappa shape index (κ2) is 5.00. The summed E-state index contributed by atoms with van der Waals surface area (Å²) in [6.07, 6.45) is 9.23. The van der Waals surface area contributed by atoms with E-state index in [1.807, 2.05) is 0 Å². The van der Waals surface area contributed by atoms with Gasteiger partial charge in [-0.25, -0.2) is 4.98 Å². The van der Waals surface area contributed by atoms with Crippen LogP contribution in [0.2, 0.25) is 0 Å². The van der Waals surface area contributed by atoms with Crippen molar-refractivity contribution in [3.63, 3.8) is 0 Å². The molecule has 1 atom stereocenters. The van der Waals surface area contributed by atoms with Crippen LogP contribution in [-0.2, 0) is 6.54 Å². The summed E-state index contributed by atoms with van der Waals surface area (Å²) in [7, 11) is 0. The molecule has 1 unspecified atom stereocenters. The van der Waals surface area contributed by atoms with Crippen molar-refractivity contribution in [2.75, 3.05) is 0 Å². The number of rotatable bonds is 4. The Kier molecular flexibility index (Phi) is 3.76. The van der Waals surface area contributed by atoms with Crippen LogP contribution in [0, 0.1) is 11.3 Å². The Hall–Kier alpha value is -0.900. The molecule has 1 aromatic rings. The number of aliphatic hydroxyl groups is 1. The van der Waals surface area contributed by atoms with Crippen molar-refractivity contribution >= 4 is 0 Å². The highest BCUT2D eigenvalue weighted by atomic mass is 16.3. The minimum atomic E-state index is -0.713. The van der Waals surface area contributed by atoms with Gasteiger partial charge in [0.05, 0.1) is 12.1 Å². The molecular formula is C14H25N3O. The van der Waals surface area contributed by atoms with E-state index in [0.29, 0.717) is 12.5 Å². The number of hydrogen-bond donors (Lipinski definition) is 1. The van der Waals surface area contributed by atoms with Crippen molar-refractivity contribution in [3.8, 4) is 0 Å². The molecule has 1 heterocycles. The van der Waals surface area contributed by atoms with E-state index >= 15 is 0 Å². The molecule has 0 amide bonds. The first kappa shape index (κ1) is 13.5. The van der Waals surface area contributed by atoms with Gasteiger partial charge in [-0.2, -0.15) is 5.10 Å². The highest BCUT2D eigenvalue weighted by Gasteiger charge is 2.42. The Balaban J connectivity index is 2.11. The molecule has 0 aliphatic heterocycles. The normalized spacial score (nSPS) is 21.1. The van der Waals surface area contributed by atoms with Gasteiger partial charge in [0.1, 0.15) is 12.7 Å². The standard InChI is InChI=1S/C14H25N3O/c1-13(2,3)14(18,8-12-6-4-5-7-12)9-17-11-15-10-16-17/h10-12,18H,4-9H2,1-3H3. The van der Waals surface area contributed by atoms with Crippen molar-refractivity contribution < 1.29 is 5.11 Å². The van der Waals surface area contributed by atoms with E-state index in [4.69, 9.17) is 0 Å². The summed E-state index contributed by atoms with van der Waals surface area (Å²) in [5.74, 6) is 0.665. The molecule has 0 saturated heterocycles. The summed E-state index contributed by atoms with van der Waals surface area (Å²) in [6, 6.07) is 0. The molecule has 1 saturated carbocycles. The molecular weight excluding hydrogens is 226 g/mol. The first-order valence-electron chi connectivity index (χ1n) is 6.95. The zero-order valence-electron chi connectivity index (χ0n) is 11.8. The Labute approximate surface area is 109 Å². The Morgan fingerprint density at radius 1 is 1.28 bits per heavy atom. The maximum absolute atomic E-state index is 11.1. The second-order valence-electron chi connectivity index (χ2n) is 6.73. The SMILES string of the molecule is CC(C)(C)C(O)(CC1CCCC1)Cn1cncn1. The monoisotopic (exact) mass is 251 g/mol. The molecule has 4 nitrogen and oxygen atoms in total. The van der Waals surface area contributed by atoms with E-state index in [1.165, 1.54) is 32.0 Å². The first-order chi connectivity index (χ1) is 8.41. The van der Waals surface area contributed by atoms with Crippen LogP contribution in [0.25, 0.3) is 0 Å². The maximum Gasteiger partial charge on any atom is 0.137 e. The quantitative estimate of drug-likeness (QED) is 0.895. The smallest absolute Gasteiger partial charge is 0.137 e. The van der Waals surface area contributed by atoms with E-state index in [9.17, 15) is 5.11 Å². The average Bonchev–Trinajstić information content (AvgIpc) is 2.88. The maximum atomic E-state index is 11.1. The van der Waals surface area contributed by atoms with E-state index in [2.05, 4.69) is 30.9 Å². The molecule has 1 aliphatic rings. The van der Waals surface area contributed by atoms with Gasteiger partial charge in [-0.1, -0.05) is 46.5 Å². The average molecular weight is 251 g/mol. The minimum Gasteiger partial charge on any atom is -0.387 e. The highest BCUT2D eigenvalue weighted by Crippen LogP contribution is 2.41. The predicted octanol–water partition coefficient (Wildman–Crippen LogP) is 2.64. The van der Waals surface area contributed by atoms with E-state index in [0.717, 1.165) is 6.42 Å². The van der Waals surface area contributed by atoms with Crippen molar-refractivity contribution in [2.45, 2.75) is 65.0 Å². The number of nitrogens with zero attached hydrogens (tertiary/aromatic N) is 3. The third-order valence-electron chi connectivity index (χ3n) is 4.39. The largest absolute Gasteiger partial charge is 0.387 e. The van der Waals surface area contributed by atoms with Gasteiger partial charge in [-0.15, -0.1) is 0 Å². The summed E-state index contributed by atoms with van der Waals surface area (Å²) in [5, 5.41) is 15.2. The van der Waals surface area contributed by atoms with Crippen LogP contribution in [0.4, 0.5) is 0 Å². The second-order valence-corrected chi connectivity index (χ2v) is 6.73. The van der Waals surface area contributed by atoms with Gasteiger partial charge in [0.2, 0.25) is 0 Å². The van der Waals surface area contributed by atoms with Crippen LogP contribution in [0.3, 0.4) is 0 Å². The van der Waals surface area contributed by atoms with Gasteiger partial charge >= 0.3 is 0 Å². The third kappa shape index (κ3) is 2.91. The van der Waals surface area contributed by atoms with Gasteiger partial charge in [-0.05, 0) is 17.8 Å². The molecule has 1 N–H and O–H groups in total. The lowest BCUT2D eigenvalue weighted by molar-refractivity contribution is -0.0899. The van der Waals surface area contributed by atoms with Crippen LogP contribution in [0.15, 0.2) is 12.7 Å². The Bertz CT molecular complexity index is 363. The molecule has 102 valence electrons. The summed E-state index contributed by atoms with van der Waals surface area (Å²) in [6.45, 7) is 6.86. The summed E-state index contributed by atoms with van der Waals surface area (Å²) < 4.78 is 1.75. The van der Waals surface area contributed by atoms with Crippen LogP contribution >= 0.6 is 0 Å². The van der Waals surface area contributed by atoms with E-state index < -0.39 is 5.60 Å². The lowest BCUT2D eigenvalue weighted by atomic mass is 9.71. The number of aromatic nitrogens is 3. The van der Waals surface area contributed by atoms with Crippen LogP contribution < -0.4 is 0 Å². The van der Waals surface area contributed by atoms with Crippen molar-refractivity contribution in [1.82, 2.24) is 14.8 Å². The third-order valence-corrected chi connectivity index (χ3v) is 4.39. The fraction of sp³-hybridized carbons (Fsp3) is 0.857. The molecule has 0 aromatic carbocycles.